The normalized spacial score (nSPS) is 10.9. The molecule has 0 saturated carbocycles. The van der Waals surface area contributed by atoms with Crippen LogP contribution in [0, 0.1) is 13.8 Å². The molecule has 3 heterocycles. The van der Waals surface area contributed by atoms with Crippen molar-refractivity contribution in [2.24, 2.45) is 0 Å². The molecular weight excluding hydrogens is 392 g/mol. The number of rotatable bonds is 7. The van der Waals surface area contributed by atoms with E-state index in [0.717, 1.165) is 27.9 Å². The van der Waals surface area contributed by atoms with Crippen LogP contribution in [-0.2, 0) is 19.6 Å². The van der Waals surface area contributed by atoms with Crippen LogP contribution in [0.15, 0.2) is 55.1 Å². The zero-order valence-electron chi connectivity index (χ0n) is 17.5. The highest BCUT2D eigenvalue weighted by molar-refractivity contribution is 5.93. The predicted molar refractivity (Wildman–Crippen MR) is 116 cm³/mol. The van der Waals surface area contributed by atoms with E-state index in [-0.39, 0.29) is 5.91 Å². The zero-order chi connectivity index (χ0) is 21.8. The van der Waals surface area contributed by atoms with Crippen molar-refractivity contribution >= 4 is 11.7 Å². The molecule has 9 nitrogen and oxygen atoms in total. The molecule has 0 aliphatic carbocycles. The van der Waals surface area contributed by atoms with Gasteiger partial charge in [0, 0.05) is 24.6 Å². The summed E-state index contributed by atoms with van der Waals surface area (Å²) in [7, 11) is 0. The molecule has 31 heavy (non-hydrogen) atoms. The summed E-state index contributed by atoms with van der Waals surface area (Å²) in [4.78, 5) is 16.8. The molecule has 3 aromatic heterocycles. The molecule has 4 aromatic rings. The SMILES string of the molecule is Cc1cc(N)nc(C)c1CNC(=O)c1cnn(Cc2ccc(Cn3ccnn3)cc2)c1. The minimum absolute atomic E-state index is 0.176. The number of pyridine rings is 1. The van der Waals surface area contributed by atoms with Gasteiger partial charge in [0.2, 0.25) is 0 Å². The smallest absolute Gasteiger partial charge is 0.254 e. The van der Waals surface area contributed by atoms with Gasteiger partial charge in [-0.2, -0.15) is 5.10 Å². The number of nitrogens with zero attached hydrogens (tertiary/aromatic N) is 6. The number of hydrogen-bond donors (Lipinski definition) is 2. The lowest BCUT2D eigenvalue weighted by Crippen LogP contribution is -2.23. The molecule has 0 radical (unpaired) electrons. The van der Waals surface area contributed by atoms with Crippen molar-refractivity contribution in [2.75, 3.05) is 5.73 Å². The van der Waals surface area contributed by atoms with Crippen molar-refractivity contribution < 1.29 is 4.79 Å². The van der Waals surface area contributed by atoms with Gasteiger partial charge < -0.3 is 11.1 Å². The van der Waals surface area contributed by atoms with Gasteiger partial charge in [0.1, 0.15) is 5.82 Å². The van der Waals surface area contributed by atoms with Crippen LogP contribution in [0.25, 0.3) is 0 Å². The third-order valence-corrected chi connectivity index (χ3v) is 5.08. The fourth-order valence-corrected chi connectivity index (χ4v) is 3.43. The maximum atomic E-state index is 12.5. The first-order valence-corrected chi connectivity index (χ1v) is 9.93. The molecule has 0 fully saturated rings. The molecule has 1 amide bonds. The Bertz CT molecular complexity index is 1160. The van der Waals surface area contributed by atoms with Gasteiger partial charge in [0.15, 0.2) is 0 Å². The standard InChI is InChI=1S/C22H24N8O/c1-15-9-21(23)27-16(2)20(15)11-24-22(31)19-10-26-30(14-19)13-18-5-3-17(4-6-18)12-29-8-7-25-28-29/h3-10,14H,11-13H2,1-2H3,(H2,23,27)(H,24,31). The molecule has 158 valence electrons. The second-order valence-corrected chi connectivity index (χ2v) is 7.45. The number of aromatic nitrogens is 6. The van der Waals surface area contributed by atoms with E-state index in [2.05, 4.69) is 37.8 Å². The Labute approximate surface area is 179 Å². The maximum absolute atomic E-state index is 12.5. The lowest BCUT2D eigenvalue weighted by molar-refractivity contribution is 0.0950. The van der Waals surface area contributed by atoms with Gasteiger partial charge in [-0.3, -0.25) is 9.48 Å². The lowest BCUT2D eigenvalue weighted by atomic mass is 10.1. The van der Waals surface area contributed by atoms with Gasteiger partial charge in [0.25, 0.3) is 5.91 Å². The topological polar surface area (TPSA) is 117 Å². The molecule has 0 aliphatic heterocycles. The molecule has 0 atom stereocenters. The van der Waals surface area contributed by atoms with Gasteiger partial charge in [-0.15, -0.1) is 5.10 Å². The van der Waals surface area contributed by atoms with E-state index in [1.807, 2.05) is 38.2 Å². The second-order valence-electron chi connectivity index (χ2n) is 7.45. The summed E-state index contributed by atoms with van der Waals surface area (Å²) in [6.45, 7) is 5.50. The summed E-state index contributed by atoms with van der Waals surface area (Å²) >= 11 is 0. The highest BCUT2D eigenvalue weighted by atomic mass is 16.1. The van der Waals surface area contributed by atoms with E-state index in [9.17, 15) is 4.79 Å². The molecule has 0 spiro atoms. The van der Waals surface area contributed by atoms with E-state index < -0.39 is 0 Å². The number of nitrogens with one attached hydrogen (secondary N) is 1. The monoisotopic (exact) mass is 416 g/mol. The van der Waals surface area contributed by atoms with Crippen LogP contribution >= 0.6 is 0 Å². The number of carbonyl (C=O) groups excluding carboxylic acids is 1. The molecule has 0 bridgehead atoms. The van der Waals surface area contributed by atoms with Crippen LogP contribution in [0.3, 0.4) is 0 Å². The number of carbonyl (C=O) groups is 1. The maximum Gasteiger partial charge on any atom is 0.254 e. The highest BCUT2D eigenvalue weighted by Gasteiger charge is 2.11. The summed E-state index contributed by atoms with van der Waals surface area (Å²) in [5, 5.41) is 15.0. The number of hydrogen-bond acceptors (Lipinski definition) is 6. The van der Waals surface area contributed by atoms with Crippen molar-refractivity contribution in [3.63, 3.8) is 0 Å². The van der Waals surface area contributed by atoms with E-state index in [0.29, 0.717) is 31.0 Å². The minimum atomic E-state index is -0.176. The first kappa shape index (κ1) is 20.3. The van der Waals surface area contributed by atoms with E-state index in [1.165, 1.54) is 0 Å². The summed E-state index contributed by atoms with van der Waals surface area (Å²) in [5.74, 6) is 0.308. The summed E-state index contributed by atoms with van der Waals surface area (Å²) in [6, 6.07) is 10.0. The van der Waals surface area contributed by atoms with Crippen molar-refractivity contribution in [1.82, 2.24) is 35.1 Å². The van der Waals surface area contributed by atoms with Crippen LogP contribution in [0.5, 0.6) is 0 Å². The van der Waals surface area contributed by atoms with Gasteiger partial charge in [-0.05, 0) is 42.2 Å². The molecule has 0 aliphatic rings. The van der Waals surface area contributed by atoms with E-state index in [1.54, 1.807) is 28.0 Å². The first-order chi connectivity index (χ1) is 15.0. The van der Waals surface area contributed by atoms with Gasteiger partial charge >= 0.3 is 0 Å². The average Bonchev–Trinajstić information content (AvgIpc) is 3.41. The van der Waals surface area contributed by atoms with E-state index in [4.69, 9.17) is 5.73 Å². The Hall–Kier alpha value is -4.01. The third kappa shape index (κ3) is 4.95. The fraction of sp³-hybridized carbons (Fsp3) is 0.227. The third-order valence-electron chi connectivity index (χ3n) is 5.08. The lowest BCUT2D eigenvalue weighted by Gasteiger charge is -2.11. The minimum Gasteiger partial charge on any atom is -0.384 e. The van der Waals surface area contributed by atoms with Crippen molar-refractivity contribution in [3.8, 4) is 0 Å². The summed E-state index contributed by atoms with van der Waals surface area (Å²) in [6.07, 6.45) is 6.82. The number of amides is 1. The Balaban J connectivity index is 1.35. The fourth-order valence-electron chi connectivity index (χ4n) is 3.43. The Morgan fingerprint density at radius 2 is 1.81 bits per heavy atom. The number of aryl methyl sites for hydroxylation is 2. The van der Waals surface area contributed by atoms with Gasteiger partial charge in [-0.1, -0.05) is 29.5 Å². The number of nitrogens with two attached hydrogens (primary N) is 1. The average molecular weight is 416 g/mol. The quantitative estimate of drug-likeness (QED) is 0.476. The zero-order valence-corrected chi connectivity index (χ0v) is 17.5. The Kier molecular flexibility index (Phi) is 5.74. The number of benzene rings is 1. The van der Waals surface area contributed by atoms with Crippen LogP contribution in [0.4, 0.5) is 5.82 Å². The van der Waals surface area contributed by atoms with Crippen LogP contribution in [0.1, 0.15) is 38.3 Å². The molecule has 0 saturated heterocycles. The number of anilines is 1. The van der Waals surface area contributed by atoms with Crippen LogP contribution in [-0.4, -0.2) is 35.7 Å². The predicted octanol–water partition coefficient (Wildman–Crippen LogP) is 2.10. The molecule has 3 N–H and O–H groups in total. The molecule has 4 rings (SSSR count). The molecule has 0 unspecified atom stereocenters. The highest BCUT2D eigenvalue weighted by Crippen LogP contribution is 2.15. The van der Waals surface area contributed by atoms with Crippen molar-refractivity contribution in [1.29, 1.82) is 0 Å². The Morgan fingerprint density at radius 3 is 2.45 bits per heavy atom. The van der Waals surface area contributed by atoms with Crippen LogP contribution in [0.2, 0.25) is 0 Å². The summed E-state index contributed by atoms with van der Waals surface area (Å²) < 4.78 is 3.53. The van der Waals surface area contributed by atoms with Gasteiger partial charge in [-0.25, -0.2) is 9.67 Å². The first-order valence-electron chi connectivity index (χ1n) is 9.93. The summed E-state index contributed by atoms with van der Waals surface area (Å²) in [5.41, 5.74) is 11.3. The van der Waals surface area contributed by atoms with Crippen molar-refractivity contribution in [2.45, 2.75) is 33.5 Å². The van der Waals surface area contributed by atoms with Crippen LogP contribution < -0.4 is 11.1 Å². The van der Waals surface area contributed by atoms with Gasteiger partial charge in [0.05, 0.1) is 31.0 Å². The Morgan fingerprint density at radius 1 is 1.10 bits per heavy atom. The van der Waals surface area contributed by atoms with E-state index >= 15 is 0 Å². The van der Waals surface area contributed by atoms with Crippen molar-refractivity contribution in [3.05, 3.63) is 88.6 Å². The largest absolute Gasteiger partial charge is 0.384 e. The molecule has 9 heteroatoms. The molecular formula is C22H24N8O. The molecule has 1 aromatic carbocycles. The number of nitrogen functional groups attached to an aromatic ring is 1. The second kappa shape index (κ2) is 8.78.